The number of rotatable bonds is 8. The van der Waals surface area contributed by atoms with E-state index in [4.69, 9.17) is 32.9 Å². The highest BCUT2D eigenvalue weighted by Crippen LogP contribution is 2.16. The molecule has 8 nitrogen and oxygen atoms in total. The summed E-state index contributed by atoms with van der Waals surface area (Å²) in [5, 5.41) is 0. The number of hydrogen-bond donors (Lipinski definition) is 0. The molecule has 0 aliphatic carbocycles. The molecule has 0 radical (unpaired) electrons. The molecule has 0 aromatic rings. The molecule has 0 aromatic heterocycles. The van der Waals surface area contributed by atoms with Crippen molar-refractivity contribution in [1.82, 2.24) is 0 Å². The maximum atomic E-state index is 6.52. The van der Waals surface area contributed by atoms with Gasteiger partial charge in [-0.15, -0.1) is 0 Å². The molecule has 0 saturated carbocycles. The van der Waals surface area contributed by atoms with Gasteiger partial charge in [0.1, 0.15) is 0 Å². The Hall–Kier alpha value is 1.42. The molecule has 1 rings (SSSR count). The molecule has 16 heteroatoms. The van der Waals surface area contributed by atoms with Crippen molar-refractivity contribution in [3.8, 4) is 0 Å². The summed E-state index contributed by atoms with van der Waals surface area (Å²) in [4.78, 5) is 0. The quantitative estimate of drug-likeness (QED) is 0.397. The van der Waals surface area contributed by atoms with Gasteiger partial charge in [-0.2, -0.15) is 0 Å². The Morgan fingerprint density at radius 1 is 0.250 bits per heavy atom. The molecule has 1 heterocycles. The normalized spacial score (nSPS) is 36.8. The molecule has 0 spiro atoms. The van der Waals surface area contributed by atoms with Gasteiger partial charge in [0.25, 0.3) is 0 Å². The highest BCUT2D eigenvalue weighted by molar-refractivity contribution is 6.74. The first kappa shape index (κ1) is 31.4. The molecular formula is C16H48O8Si8. The minimum atomic E-state index is -1.82. The lowest BCUT2D eigenvalue weighted by molar-refractivity contribution is 0.283. The molecule has 1 aliphatic heterocycles. The van der Waals surface area contributed by atoms with E-state index in [1.54, 1.807) is 0 Å². The fourth-order valence-electron chi connectivity index (χ4n) is 3.15. The zero-order valence-corrected chi connectivity index (χ0v) is 30.8. The van der Waals surface area contributed by atoms with Gasteiger partial charge in [0.05, 0.1) is 0 Å². The Morgan fingerprint density at radius 2 is 0.344 bits per heavy atom. The van der Waals surface area contributed by atoms with Crippen LogP contribution < -0.4 is 0 Å². The Balaban J connectivity index is 3.12. The first-order chi connectivity index (χ1) is 15.5. The van der Waals surface area contributed by atoms with Crippen molar-refractivity contribution >= 4 is 74.3 Å². The second kappa shape index (κ2) is 18.7. The summed E-state index contributed by atoms with van der Waals surface area (Å²) in [7, 11) is -14.6. The van der Waals surface area contributed by atoms with Crippen molar-refractivity contribution in [2.24, 2.45) is 0 Å². The molecule has 1 fully saturated rings. The molecule has 0 unspecified atom stereocenters. The molecule has 0 bridgehead atoms. The van der Waals surface area contributed by atoms with Crippen LogP contribution in [0.1, 0.15) is 55.4 Å². The van der Waals surface area contributed by atoms with Crippen LogP contribution in [0, 0.1) is 0 Å². The van der Waals surface area contributed by atoms with Crippen LogP contribution in [0.2, 0.25) is 48.4 Å². The molecule has 0 aromatic carbocycles. The van der Waals surface area contributed by atoms with E-state index < -0.39 is 74.3 Å². The van der Waals surface area contributed by atoms with Crippen LogP contribution in [0.4, 0.5) is 0 Å². The summed E-state index contributed by atoms with van der Waals surface area (Å²) in [6.07, 6.45) is 0. The van der Waals surface area contributed by atoms with Gasteiger partial charge < -0.3 is 32.9 Å². The van der Waals surface area contributed by atoms with Gasteiger partial charge in [0, 0.05) is 0 Å². The lowest BCUT2D eigenvalue weighted by Gasteiger charge is -2.33. The van der Waals surface area contributed by atoms with E-state index in [2.05, 4.69) is 55.4 Å². The second-order valence-electron chi connectivity index (χ2n) is 7.79. The van der Waals surface area contributed by atoms with Crippen molar-refractivity contribution < 1.29 is 32.9 Å². The van der Waals surface area contributed by atoms with Crippen LogP contribution in [-0.4, -0.2) is 74.3 Å². The lowest BCUT2D eigenvalue weighted by atomic mass is 11.0. The van der Waals surface area contributed by atoms with Gasteiger partial charge in [0.2, 0.25) is 0 Å². The predicted molar refractivity (Wildman–Crippen MR) is 150 cm³/mol. The highest BCUT2D eigenvalue weighted by atomic mass is 28.5. The third-order valence-electron chi connectivity index (χ3n) is 5.10. The molecule has 0 amide bonds. The standard InChI is InChI=1S/C16H48O8Si8/c1-9-25-17-26(10-2)19-28(12-4)21-30(14-6)23-32(16-8)24-31(15-7)22-29(13-5)20-27(11-3)18-25/h25-32H,9-16H2,1-8H3. The second-order valence-corrected chi connectivity index (χ2v) is 29.9. The van der Waals surface area contributed by atoms with E-state index in [1.165, 1.54) is 0 Å². The molecule has 32 heavy (non-hydrogen) atoms. The molecule has 1 aliphatic rings. The fraction of sp³-hybridized carbons (Fsp3) is 1.00. The third kappa shape index (κ3) is 11.9. The summed E-state index contributed by atoms with van der Waals surface area (Å²) in [5.41, 5.74) is 0. The van der Waals surface area contributed by atoms with Crippen LogP contribution in [0.25, 0.3) is 0 Å². The number of hydrogen-bond acceptors (Lipinski definition) is 8. The van der Waals surface area contributed by atoms with E-state index in [9.17, 15) is 0 Å². The van der Waals surface area contributed by atoms with E-state index in [0.29, 0.717) is 0 Å². The van der Waals surface area contributed by atoms with Crippen molar-refractivity contribution in [2.75, 3.05) is 0 Å². The first-order valence-electron chi connectivity index (χ1n) is 12.7. The molecule has 1 saturated heterocycles. The van der Waals surface area contributed by atoms with Gasteiger partial charge in [0.15, 0.2) is 0 Å². The summed E-state index contributed by atoms with van der Waals surface area (Å²) in [5.74, 6) is 0. The van der Waals surface area contributed by atoms with E-state index in [1.807, 2.05) is 0 Å². The van der Waals surface area contributed by atoms with Crippen LogP contribution in [-0.2, 0) is 32.9 Å². The molecule has 0 atom stereocenters. The van der Waals surface area contributed by atoms with Crippen molar-refractivity contribution in [3.63, 3.8) is 0 Å². The predicted octanol–water partition coefficient (Wildman–Crippen LogP) is 2.06. The largest absolute Gasteiger partial charge is 0.420 e. The Morgan fingerprint density at radius 3 is 0.406 bits per heavy atom. The van der Waals surface area contributed by atoms with E-state index in [-0.39, 0.29) is 0 Å². The maximum Gasteiger partial charge on any atom is 0.303 e. The van der Waals surface area contributed by atoms with Crippen molar-refractivity contribution in [2.45, 2.75) is 104 Å². The van der Waals surface area contributed by atoms with Gasteiger partial charge in [-0.05, 0) is 48.4 Å². The van der Waals surface area contributed by atoms with Crippen molar-refractivity contribution in [3.05, 3.63) is 0 Å². The van der Waals surface area contributed by atoms with Crippen LogP contribution in [0.5, 0.6) is 0 Å². The molecule has 0 N–H and O–H groups in total. The lowest BCUT2D eigenvalue weighted by Crippen LogP contribution is -2.47. The fourth-order valence-corrected chi connectivity index (χ4v) is 33.0. The highest BCUT2D eigenvalue weighted by Gasteiger charge is 2.32. The van der Waals surface area contributed by atoms with Gasteiger partial charge >= 0.3 is 74.3 Å². The van der Waals surface area contributed by atoms with Gasteiger partial charge in [-0.25, -0.2) is 0 Å². The van der Waals surface area contributed by atoms with E-state index >= 15 is 0 Å². The minimum absolute atomic E-state index is 0.923. The Labute approximate surface area is 210 Å². The SMILES string of the molecule is CC[SiH]1O[SiH](CC)O[SiH](CC)O[SiH](CC)O[SiH](CC)O[SiH](CC)O[SiH](CC)O[SiH](CC)O1. The zero-order chi connectivity index (χ0) is 23.9. The van der Waals surface area contributed by atoms with Crippen LogP contribution in [0.3, 0.4) is 0 Å². The van der Waals surface area contributed by atoms with Crippen molar-refractivity contribution in [1.29, 1.82) is 0 Å². The summed E-state index contributed by atoms with van der Waals surface area (Å²) in [6, 6.07) is 7.39. The smallest absolute Gasteiger partial charge is 0.303 e. The average molecular weight is 593 g/mol. The van der Waals surface area contributed by atoms with Crippen LogP contribution >= 0.6 is 0 Å². The summed E-state index contributed by atoms with van der Waals surface area (Å²) in [6.45, 7) is 17.3. The monoisotopic (exact) mass is 592 g/mol. The maximum absolute atomic E-state index is 6.52. The minimum Gasteiger partial charge on any atom is -0.420 e. The first-order valence-corrected chi connectivity index (χ1v) is 26.8. The average Bonchev–Trinajstić information content (AvgIpc) is 2.82. The summed E-state index contributed by atoms with van der Waals surface area (Å²) < 4.78 is 52.2. The topological polar surface area (TPSA) is 73.8 Å². The zero-order valence-electron chi connectivity index (χ0n) is 21.5. The molecule has 192 valence electrons. The third-order valence-corrected chi connectivity index (χ3v) is 29.9. The summed E-state index contributed by atoms with van der Waals surface area (Å²) >= 11 is 0. The van der Waals surface area contributed by atoms with Crippen LogP contribution in [0.15, 0.2) is 0 Å². The Bertz CT molecular complexity index is 338. The van der Waals surface area contributed by atoms with Gasteiger partial charge in [-0.3, -0.25) is 0 Å². The Kier molecular flexibility index (Phi) is 18.3. The van der Waals surface area contributed by atoms with Gasteiger partial charge in [-0.1, -0.05) is 55.4 Å². The van der Waals surface area contributed by atoms with E-state index in [0.717, 1.165) is 48.4 Å². The molecular weight excluding hydrogens is 545 g/mol.